The molecule has 2 aromatic rings. The summed E-state index contributed by atoms with van der Waals surface area (Å²) < 4.78 is 2.10. The molecular weight excluding hydrogens is 226 g/mol. The lowest BCUT2D eigenvalue weighted by atomic mass is 10.1. The SMILES string of the molecule is CC(C)NC(=O)c1ccc2c(c1)ncn2C(C)C. The summed E-state index contributed by atoms with van der Waals surface area (Å²) in [4.78, 5) is 16.2. The molecule has 4 nitrogen and oxygen atoms in total. The van der Waals surface area contributed by atoms with Gasteiger partial charge < -0.3 is 9.88 Å². The fourth-order valence-corrected chi connectivity index (χ4v) is 1.93. The molecule has 0 saturated heterocycles. The van der Waals surface area contributed by atoms with Gasteiger partial charge in [-0.15, -0.1) is 0 Å². The van der Waals surface area contributed by atoms with Gasteiger partial charge in [0.25, 0.3) is 5.91 Å². The number of hydrogen-bond acceptors (Lipinski definition) is 2. The highest BCUT2D eigenvalue weighted by atomic mass is 16.1. The van der Waals surface area contributed by atoms with E-state index in [2.05, 4.69) is 28.7 Å². The van der Waals surface area contributed by atoms with Gasteiger partial charge in [-0.2, -0.15) is 0 Å². The van der Waals surface area contributed by atoms with Gasteiger partial charge in [0.05, 0.1) is 17.4 Å². The maximum absolute atomic E-state index is 11.9. The predicted octanol–water partition coefficient (Wildman–Crippen LogP) is 2.76. The third-order valence-electron chi connectivity index (χ3n) is 2.81. The lowest BCUT2D eigenvalue weighted by Gasteiger charge is -2.09. The molecule has 0 radical (unpaired) electrons. The van der Waals surface area contributed by atoms with E-state index in [1.165, 1.54) is 0 Å². The number of carbonyl (C=O) groups excluding carboxylic acids is 1. The van der Waals surface area contributed by atoms with E-state index in [4.69, 9.17) is 0 Å². The normalized spacial score (nSPS) is 11.4. The second-order valence-electron chi connectivity index (χ2n) is 5.08. The average Bonchev–Trinajstić information content (AvgIpc) is 2.70. The molecule has 0 aliphatic carbocycles. The number of hydrogen-bond donors (Lipinski definition) is 1. The molecule has 2 rings (SSSR count). The van der Waals surface area contributed by atoms with E-state index in [1.807, 2.05) is 38.4 Å². The van der Waals surface area contributed by atoms with Crippen molar-refractivity contribution in [3.8, 4) is 0 Å². The van der Waals surface area contributed by atoms with Gasteiger partial charge in [0.2, 0.25) is 0 Å². The Labute approximate surface area is 107 Å². The standard InChI is InChI=1S/C14H19N3O/c1-9(2)16-14(18)11-5-6-13-12(7-11)15-8-17(13)10(3)4/h5-10H,1-4H3,(H,16,18). The van der Waals surface area contributed by atoms with Crippen LogP contribution in [0.2, 0.25) is 0 Å². The smallest absolute Gasteiger partial charge is 0.251 e. The topological polar surface area (TPSA) is 46.9 Å². The highest BCUT2D eigenvalue weighted by molar-refractivity contribution is 5.97. The molecular formula is C14H19N3O. The van der Waals surface area contributed by atoms with E-state index in [0.717, 1.165) is 11.0 Å². The largest absolute Gasteiger partial charge is 0.350 e. The monoisotopic (exact) mass is 245 g/mol. The van der Waals surface area contributed by atoms with E-state index in [9.17, 15) is 4.79 Å². The minimum atomic E-state index is -0.0500. The molecule has 0 aliphatic heterocycles. The Bertz CT molecular complexity index is 569. The first-order chi connectivity index (χ1) is 8.49. The predicted molar refractivity (Wildman–Crippen MR) is 72.7 cm³/mol. The highest BCUT2D eigenvalue weighted by Crippen LogP contribution is 2.18. The summed E-state index contributed by atoms with van der Waals surface area (Å²) in [6.07, 6.45) is 1.82. The van der Waals surface area contributed by atoms with Gasteiger partial charge in [0.15, 0.2) is 0 Å². The van der Waals surface area contributed by atoms with Gasteiger partial charge in [-0.25, -0.2) is 4.98 Å². The molecule has 1 N–H and O–H groups in total. The van der Waals surface area contributed by atoms with Crippen molar-refractivity contribution >= 4 is 16.9 Å². The summed E-state index contributed by atoms with van der Waals surface area (Å²) in [5.74, 6) is -0.0500. The van der Waals surface area contributed by atoms with Gasteiger partial charge in [-0.1, -0.05) is 0 Å². The minimum absolute atomic E-state index is 0.0500. The fourth-order valence-electron chi connectivity index (χ4n) is 1.93. The fraction of sp³-hybridized carbons (Fsp3) is 0.429. The van der Waals surface area contributed by atoms with Gasteiger partial charge in [-0.05, 0) is 45.9 Å². The highest BCUT2D eigenvalue weighted by Gasteiger charge is 2.10. The molecule has 1 aromatic heterocycles. The number of nitrogens with zero attached hydrogens (tertiary/aromatic N) is 2. The van der Waals surface area contributed by atoms with Crippen molar-refractivity contribution in [1.29, 1.82) is 0 Å². The van der Waals surface area contributed by atoms with Crippen molar-refractivity contribution in [2.24, 2.45) is 0 Å². The van der Waals surface area contributed by atoms with Crippen LogP contribution in [0.3, 0.4) is 0 Å². The first kappa shape index (κ1) is 12.6. The summed E-state index contributed by atoms with van der Waals surface area (Å²) in [6, 6.07) is 6.15. The molecule has 0 atom stereocenters. The Morgan fingerprint density at radius 1 is 1.28 bits per heavy atom. The molecule has 0 aliphatic rings. The van der Waals surface area contributed by atoms with Crippen LogP contribution in [-0.4, -0.2) is 21.5 Å². The Hall–Kier alpha value is -1.84. The Morgan fingerprint density at radius 2 is 2.00 bits per heavy atom. The van der Waals surface area contributed by atoms with Crippen LogP contribution in [0, 0.1) is 0 Å². The van der Waals surface area contributed by atoms with Gasteiger partial charge in [0, 0.05) is 17.6 Å². The first-order valence-electron chi connectivity index (χ1n) is 6.26. The van der Waals surface area contributed by atoms with E-state index in [-0.39, 0.29) is 11.9 Å². The number of fused-ring (bicyclic) bond motifs is 1. The van der Waals surface area contributed by atoms with Gasteiger partial charge >= 0.3 is 0 Å². The van der Waals surface area contributed by atoms with Gasteiger partial charge in [-0.3, -0.25) is 4.79 Å². The minimum Gasteiger partial charge on any atom is -0.350 e. The van der Waals surface area contributed by atoms with Crippen LogP contribution >= 0.6 is 0 Å². The van der Waals surface area contributed by atoms with Crippen molar-refractivity contribution in [3.63, 3.8) is 0 Å². The van der Waals surface area contributed by atoms with Crippen LogP contribution in [0.5, 0.6) is 0 Å². The molecule has 4 heteroatoms. The van der Waals surface area contributed by atoms with Crippen molar-refractivity contribution in [1.82, 2.24) is 14.9 Å². The molecule has 0 spiro atoms. The molecule has 0 unspecified atom stereocenters. The summed E-state index contributed by atoms with van der Waals surface area (Å²) in [5, 5.41) is 2.88. The van der Waals surface area contributed by atoms with E-state index in [1.54, 1.807) is 0 Å². The zero-order valence-electron chi connectivity index (χ0n) is 11.3. The maximum Gasteiger partial charge on any atom is 0.251 e. The third kappa shape index (κ3) is 2.37. The summed E-state index contributed by atoms with van der Waals surface area (Å²) in [7, 11) is 0. The number of benzene rings is 1. The summed E-state index contributed by atoms with van der Waals surface area (Å²) in [5.41, 5.74) is 2.58. The maximum atomic E-state index is 11.9. The lowest BCUT2D eigenvalue weighted by molar-refractivity contribution is 0.0943. The summed E-state index contributed by atoms with van der Waals surface area (Å²) >= 11 is 0. The molecule has 1 amide bonds. The second-order valence-corrected chi connectivity index (χ2v) is 5.08. The van der Waals surface area contributed by atoms with Crippen molar-refractivity contribution in [2.45, 2.75) is 39.8 Å². The summed E-state index contributed by atoms with van der Waals surface area (Å²) in [6.45, 7) is 8.12. The van der Waals surface area contributed by atoms with Crippen LogP contribution < -0.4 is 5.32 Å². The Kier molecular flexibility index (Phi) is 3.36. The van der Waals surface area contributed by atoms with Gasteiger partial charge in [0.1, 0.15) is 0 Å². The second kappa shape index (κ2) is 4.80. The van der Waals surface area contributed by atoms with Crippen LogP contribution in [0.15, 0.2) is 24.5 Å². The molecule has 1 aromatic carbocycles. The molecule has 0 saturated carbocycles. The third-order valence-corrected chi connectivity index (χ3v) is 2.81. The zero-order chi connectivity index (χ0) is 13.3. The molecule has 18 heavy (non-hydrogen) atoms. The number of rotatable bonds is 3. The number of aromatic nitrogens is 2. The number of carbonyl (C=O) groups is 1. The zero-order valence-corrected chi connectivity index (χ0v) is 11.3. The lowest BCUT2D eigenvalue weighted by Crippen LogP contribution is -2.29. The van der Waals surface area contributed by atoms with Crippen molar-refractivity contribution in [3.05, 3.63) is 30.1 Å². The Balaban J connectivity index is 2.37. The molecule has 1 heterocycles. The molecule has 0 fully saturated rings. The first-order valence-corrected chi connectivity index (χ1v) is 6.26. The average molecular weight is 245 g/mol. The number of imidazole rings is 1. The van der Waals surface area contributed by atoms with Crippen LogP contribution in [0.1, 0.15) is 44.1 Å². The van der Waals surface area contributed by atoms with Crippen molar-refractivity contribution < 1.29 is 4.79 Å². The molecule has 0 bridgehead atoms. The number of nitrogens with one attached hydrogen (secondary N) is 1. The van der Waals surface area contributed by atoms with Crippen LogP contribution in [0.4, 0.5) is 0 Å². The quantitative estimate of drug-likeness (QED) is 0.903. The Morgan fingerprint density at radius 3 is 2.61 bits per heavy atom. The van der Waals surface area contributed by atoms with Crippen LogP contribution in [0.25, 0.3) is 11.0 Å². The van der Waals surface area contributed by atoms with Crippen molar-refractivity contribution in [2.75, 3.05) is 0 Å². The van der Waals surface area contributed by atoms with E-state index in [0.29, 0.717) is 11.6 Å². The number of amides is 1. The van der Waals surface area contributed by atoms with Crippen LogP contribution in [-0.2, 0) is 0 Å². The molecule has 96 valence electrons. The van der Waals surface area contributed by atoms with E-state index >= 15 is 0 Å². The van der Waals surface area contributed by atoms with E-state index < -0.39 is 0 Å².